The molecule has 0 heterocycles. The van der Waals surface area contributed by atoms with Crippen LogP contribution in [0.3, 0.4) is 0 Å². The lowest BCUT2D eigenvalue weighted by atomic mass is 10.1. The van der Waals surface area contributed by atoms with E-state index in [2.05, 4.69) is 5.32 Å². The van der Waals surface area contributed by atoms with Crippen LogP contribution in [-0.4, -0.2) is 17.8 Å². The molecule has 0 radical (unpaired) electrons. The molecule has 1 atom stereocenters. The summed E-state index contributed by atoms with van der Waals surface area (Å²) in [5.41, 5.74) is 2.27. The summed E-state index contributed by atoms with van der Waals surface area (Å²) >= 11 is 0. The highest BCUT2D eigenvalue weighted by atomic mass is 16.5. The van der Waals surface area contributed by atoms with Gasteiger partial charge in [0.1, 0.15) is 11.4 Å². The average Bonchev–Trinajstić information content (AvgIpc) is 2.55. The molecule has 1 aromatic carbocycles. The molecule has 0 saturated carbocycles. The minimum atomic E-state index is -0.920. The molecule has 3 heteroatoms. The zero-order valence-corrected chi connectivity index (χ0v) is 12.2. The van der Waals surface area contributed by atoms with Gasteiger partial charge in [-0.25, -0.2) is 0 Å². The first kappa shape index (κ1) is 14.4. The monoisotopic (exact) mass is 271 g/mol. The number of rotatable bonds is 4. The molecule has 0 fully saturated rings. The van der Waals surface area contributed by atoms with Gasteiger partial charge in [-0.2, -0.15) is 0 Å². The van der Waals surface area contributed by atoms with Gasteiger partial charge in [-0.3, -0.25) is 0 Å². The van der Waals surface area contributed by atoms with Gasteiger partial charge in [-0.15, -0.1) is 0 Å². The van der Waals surface area contributed by atoms with Crippen LogP contribution in [-0.2, 0) is 6.54 Å². The molecule has 20 heavy (non-hydrogen) atoms. The Kier molecular flexibility index (Phi) is 4.30. The minimum absolute atomic E-state index is 0.704. The van der Waals surface area contributed by atoms with Crippen LogP contribution in [0.1, 0.15) is 19.4 Å². The fourth-order valence-corrected chi connectivity index (χ4v) is 2.05. The molecule has 1 unspecified atom stereocenters. The van der Waals surface area contributed by atoms with Crippen LogP contribution < -0.4 is 10.1 Å². The van der Waals surface area contributed by atoms with Crippen LogP contribution in [0.2, 0.25) is 0 Å². The van der Waals surface area contributed by atoms with Crippen molar-refractivity contribution in [1.29, 1.82) is 0 Å². The summed E-state index contributed by atoms with van der Waals surface area (Å²) in [6, 6.07) is 7.93. The summed E-state index contributed by atoms with van der Waals surface area (Å²) < 4.78 is 5.14. The average molecular weight is 271 g/mol. The standard InChI is InChI=1S/C17H21NO2/c1-13-8-9-17(2,19)11-15(10-13)18-12-14-4-6-16(20-3)7-5-14/h4-11,18-19H,12H2,1-3H3. The summed E-state index contributed by atoms with van der Waals surface area (Å²) in [6.07, 6.45) is 7.57. The lowest BCUT2D eigenvalue weighted by Crippen LogP contribution is -2.20. The first-order chi connectivity index (χ1) is 9.48. The van der Waals surface area contributed by atoms with Crippen molar-refractivity contribution in [3.05, 3.63) is 65.4 Å². The second-order valence-electron chi connectivity index (χ2n) is 5.25. The molecule has 0 saturated heterocycles. The van der Waals surface area contributed by atoms with E-state index in [-0.39, 0.29) is 0 Å². The van der Waals surface area contributed by atoms with E-state index in [0.717, 1.165) is 22.6 Å². The molecular formula is C17H21NO2. The maximum atomic E-state index is 10.2. The van der Waals surface area contributed by atoms with Gasteiger partial charge in [-0.05, 0) is 55.3 Å². The second kappa shape index (κ2) is 5.97. The smallest absolute Gasteiger partial charge is 0.118 e. The highest BCUT2D eigenvalue weighted by Gasteiger charge is 2.15. The molecule has 0 bridgehead atoms. The van der Waals surface area contributed by atoms with E-state index >= 15 is 0 Å². The Bertz CT molecular complexity index is 551. The Morgan fingerprint density at radius 1 is 1.25 bits per heavy atom. The largest absolute Gasteiger partial charge is 0.497 e. The quantitative estimate of drug-likeness (QED) is 0.884. The van der Waals surface area contributed by atoms with E-state index in [1.54, 1.807) is 20.1 Å². The van der Waals surface area contributed by atoms with Crippen molar-refractivity contribution >= 4 is 0 Å². The van der Waals surface area contributed by atoms with Crippen molar-refractivity contribution < 1.29 is 9.84 Å². The summed E-state index contributed by atoms with van der Waals surface area (Å²) in [4.78, 5) is 0. The predicted octanol–water partition coefficient (Wildman–Crippen LogP) is 2.94. The van der Waals surface area contributed by atoms with E-state index < -0.39 is 5.60 Å². The van der Waals surface area contributed by atoms with Gasteiger partial charge in [0.25, 0.3) is 0 Å². The molecule has 0 amide bonds. The summed E-state index contributed by atoms with van der Waals surface area (Å²) in [5.74, 6) is 0.852. The van der Waals surface area contributed by atoms with Crippen molar-refractivity contribution in [2.45, 2.75) is 26.0 Å². The minimum Gasteiger partial charge on any atom is -0.497 e. The Morgan fingerprint density at radius 2 is 1.95 bits per heavy atom. The van der Waals surface area contributed by atoms with Crippen LogP contribution >= 0.6 is 0 Å². The zero-order chi connectivity index (χ0) is 14.6. The zero-order valence-electron chi connectivity index (χ0n) is 12.2. The normalized spacial score (nSPS) is 21.8. The maximum Gasteiger partial charge on any atom is 0.118 e. The van der Waals surface area contributed by atoms with Crippen molar-refractivity contribution in [3.8, 4) is 5.75 Å². The van der Waals surface area contributed by atoms with E-state index in [9.17, 15) is 5.11 Å². The second-order valence-corrected chi connectivity index (χ2v) is 5.25. The number of methoxy groups -OCH3 is 1. The van der Waals surface area contributed by atoms with Gasteiger partial charge in [0.15, 0.2) is 0 Å². The van der Waals surface area contributed by atoms with E-state index in [0.29, 0.717) is 6.54 Å². The first-order valence-electron chi connectivity index (χ1n) is 6.68. The van der Waals surface area contributed by atoms with Gasteiger partial charge in [0, 0.05) is 12.2 Å². The highest BCUT2D eigenvalue weighted by Crippen LogP contribution is 2.18. The van der Waals surface area contributed by atoms with Crippen molar-refractivity contribution in [2.24, 2.45) is 0 Å². The predicted molar refractivity (Wildman–Crippen MR) is 81.4 cm³/mol. The summed E-state index contributed by atoms with van der Waals surface area (Å²) in [7, 11) is 1.66. The highest BCUT2D eigenvalue weighted by molar-refractivity contribution is 5.36. The van der Waals surface area contributed by atoms with E-state index in [1.807, 2.05) is 49.4 Å². The molecule has 106 valence electrons. The Labute approximate surface area is 120 Å². The number of allylic oxidation sites excluding steroid dienone is 3. The molecule has 2 rings (SSSR count). The molecule has 3 nitrogen and oxygen atoms in total. The van der Waals surface area contributed by atoms with Crippen molar-refractivity contribution in [1.82, 2.24) is 5.32 Å². The lowest BCUT2D eigenvalue weighted by molar-refractivity contribution is 0.163. The number of hydrogen-bond acceptors (Lipinski definition) is 3. The number of hydrogen-bond donors (Lipinski definition) is 2. The molecule has 0 aromatic heterocycles. The molecule has 2 N–H and O–H groups in total. The fraction of sp³-hybridized carbons (Fsp3) is 0.294. The maximum absolute atomic E-state index is 10.2. The summed E-state index contributed by atoms with van der Waals surface area (Å²) in [6.45, 7) is 4.49. The molecule has 0 aliphatic heterocycles. The molecule has 1 aliphatic carbocycles. The molecule has 1 aromatic rings. The Morgan fingerprint density at radius 3 is 2.60 bits per heavy atom. The number of nitrogens with one attached hydrogen (secondary N) is 1. The van der Waals surface area contributed by atoms with Crippen LogP contribution in [0, 0.1) is 0 Å². The number of aliphatic hydroxyl groups is 1. The number of benzene rings is 1. The van der Waals surface area contributed by atoms with Crippen molar-refractivity contribution in [3.63, 3.8) is 0 Å². The van der Waals surface area contributed by atoms with Crippen LogP contribution in [0.5, 0.6) is 5.75 Å². The van der Waals surface area contributed by atoms with E-state index in [4.69, 9.17) is 4.74 Å². The molecule has 1 aliphatic rings. The van der Waals surface area contributed by atoms with Crippen LogP contribution in [0.4, 0.5) is 0 Å². The van der Waals surface area contributed by atoms with Crippen LogP contribution in [0.15, 0.2) is 59.8 Å². The first-order valence-corrected chi connectivity index (χ1v) is 6.68. The Balaban J connectivity index is 2.05. The SMILES string of the molecule is COc1ccc(CNC2=CC(C)(O)C=CC(C)=C2)cc1. The third-order valence-electron chi connectivity index (χ3n) is 3.17. The third-order valence-corrected chi connectivity index (χ3v) is 3.17. The van der Waals surface area contributed by atoms with Crippen molar-refractivity contribution in [2.75, 3.05) is 7.11 Å². The van der Waals surface area contributed by atoms with Gasteiger partial charge in [0.05, 0.1) is 7.11 Å². The van der Waals surface area contributed by atoms with E-state index in [1.165, 1.54) is 0 Å². The molecule has 0 spiro atoms. The van der Waals surface area contributed by atoms with Crippen LogP contribution in [0.25, 0.3) is 0 Å². The number of ether oxygens (including phenoxy) is 1. The Hall–Kier alpha value is -2.00. The summed E-state index contributed by atoms with van der Waals surface area (Å²) in [5, 5.41) is 13.5. The van der Waals surface area contributed by atoms with Gasteiger partial charge in [-0.1, -0.05) is 18.2 Å². The third kappa shape index (κ3) is 4.00. The topological polar surface area (TPSA) is 41.5 Å². The van der Waals surface area contributed by atoms with Gasteiger partial charge >= 0.3 is 0 Å². The lowest BCUT2D eigenvalue weighted by Gasteiger charge is -2.15. The van der Waals surface area contributed by atoms with Gasteiger partial charge < -0.3 is 15.2 Å². The fourth-order valence-electron chi connectivity index (χ4n) is 2.05. The van der Waals surface area contributed by atoms with Gasteiger partial charge in [0.2, 0.25) is 0 Å². The molecular weight excluding hydrogens is 250 g/mol.